The Kier molecular flexibility index (Phi) is 5.70. The Bertz CT molecular complexity index is 960. The minimum atomic E-state index is -0.141. The van der Waals surface area contributed by atoms with Crippen molar-refractivity contribution in [2.24, 2.45) is 0 Å². The lowest BCUT2D eigenvalue weighted by Gasteiger charge is -2.07. The zero-order valence-corrected chi connectivity index (χ0v) is 14.0. The number of ether oxygens (including phenoxy) is 1. The number of H-pyrrole nitrogens is 1. The van der Waals surface area contributed by atoms with Gasteiger partial charge in [-0.15, -0.1) is 0 Å². The average molecular weight is 347 g/mol. The van der Waals surface area contributed by atoms with E-state index in [2.05, 4.69) is 26.3 Å². The maximum atomic E-state index is 11.2. The van der Waals surface area contributed by atoms with Crippen molar-refractivity contribution >= 4 is 5.95 Å². The van der Waals surface area contributed by atoms with E-state index < -0.39 is 0 Å². The SMILES string of the molecule is N#Cc1cccc(COCc2cnc(NCc3cc[nH]c(=O)c3)nc2)c1. The van der Waals surface area contributed by atoms with Crippen LogP contribution in [0.1, 0.15) is 22.3 Å². The van der Waals surface area contributed by atoms with Crippen molar-refractivity contribution in [3.63, 3.8) is 0 Å². The molecule has 2 aromatic heterocycles. The minimum absolute atomic E-state index is 0.141. The fraction of sp³-hybridized carbons (Fsp3) is 0.158. The number of nitriles is 1. The van der Waals surface area contributed by atoms with Crippen LogP contribution in [0, 0.1) is 11.3 Å². The second-order valence-corrected chi connectivity index (χ2v) is 5.63. The summed E-state index contributed by atoms with van der Waals surface area (Å²) in [5.74, 6) is 0.482. The van der Waals surface area contributed by atoms with Crippen LogP contribution in [0.25, 0.3) is 0 Å². The van der Waals surface area contributed by atoms with Crippen LogP contribution in [0.2, 0.25) is 0 Å². The van der Waals surface area contributed by atoms with E-state index in [-0.39, 0.29) is 5.56 Å². The van der Waals surface area contributed by atoms with E-state index in [1.165, 1.54) is 6.07 Å². The molecule has 0 spiro atoms. The highest BCUT2D eigenvalue weighted by Crippen LogP contribution is 2.08. The molecule has 7 heteroatoms. The van der Waals surface area contributed by atoms with Crippen LogP contribution in [0.3, 0.4) is 0 Å². The molecular formula is C19H17N5O2. The van der Waals surface area contributed by atoms with E-state index in [1.807, 2.05) is 18.2 Å². The highest BCUT2D eigenvalue weighted by atomic mass is 16.5. The van der Waals surface area contributed by atoms with Gasteiger partial charge in [-0.2, -0.15) is 5.26 Å². The molecule has 1 aromatic carbocycles. The number of rotatable bonds is 7. The smallest absolute Gasteiger partial charge is 0.248 e. The molecule has 0 aliphatic carbocycles. The van der Waals surface area contributed by atoms with Gasteiger partial charge in [0, 0.05) is 36.8 Å². The van der Waals surface area contributed by atoms with Crippen molar-refractivity contribution < 1.29 is 4.74 Å². The van der Waals surface area contributed by atoms with E-state index in [4.69, 9.17) is 10.00 Å². The van der Waals surface area contributed by atoms with Crippen LogP contribution in [0.4, 0.5) is 5.95 Å². The topological polar surface area (TPSA) is 104 Å². The first kappa shape index (κ1) is 17.3. The lowest BCUT2D eigenvalue weighted by molar-refractivity contribution is 0.107. The average Bonchev–Trinajstić information content (AvgIpc) is 2.68. The van der Waals surface area contributed by atoms with E-state index in [0.29, 0.717) is 31.3 Å². The monoisotopic (exact) mass is 347 g/mol. The molecule has 0 fully saturated rings. The van der Waals surface area contributed by atoms with Gasteiger partial charge in [0.25, 0.3) is 0 Å². The Labute approximate surface area is 150 Å². The number of hydrogen-bond acceptors (Lipinski definition) is 6. The molecule has 2 heterocycles. The van der Waals surface area contributed by atoms with Gasteiger partial charge in [0.05, 0.1) is 24.8 Å². The van der Waals surface area contributed by atoms with Crippen LogP contribution >= 0.6 is 0 Å². The van der Waals surface area contributed by atoms with Gasteiger partial charge >= 0.3 is 0 Å². The second kappa shape index (κ2) is 8.55. The molecule has 0 bridgehead atoms. The number of aromatic amines is 1. The molecule has 0 amide bonds. The quantitative estimate of drug-likeness (QED) is 0.680. The number of anilines is 1. The number of pyridine rings is 1. The molecule has 3 rings (SSSR count). The molecule has 0 aliphatic rings. The standard InChI is InChI=1S/C19H17N5O2/c20-8-14-2-1-3-16(6-14)12-26-13-17-10-23-19(24-11-17)22-9-15-4-5-21-18(25)7-15/h1-7,10-11H,9,12-13H2,(H,21,25)(H,22,23,24). The summed E-state index contributed by atoms with van der Waals surface area (Å²) in [6.07, 6.45) is 4.99. The van der Waals surface area contributed by atoms with Gasteiger partial charge in [-0.3, -0.25) is 4.79 Å². The van der Waals surface area contributed by atoms with Crippen molar-refractivity contribution in [3.05, 3.63) is 87.6 Å². The van der Waals surface area contributed by atoms with Gasteiger partial charge in [0.2, 0.25) is 11.5 Å². The van der Waals surface area contributed by atoms with E-state index in [9.17, 15) is 4.79 Å². The third-order valence-electron chi connectivity index (χ3n) is 3.59. The molecule has 0 radical (unpaired) electrons. The maximum absolute atomic E-state index is 11.2. The normalized spacial score (nSPS) is 10.3. The first-order chi connectivity index (χ1) is 12.7. The van der Waals surface area contributed by atoms with Crippen molar-refractivity contribution in [2.45, 2.75) is 19.8 Å². The Hall–Kier alpha value is -3.50. The highest BCUT2D eigenvalue weighted by Gasteiger charge is 2.01. The second-order valence-electron chi connectivity index (χ2n) is 5.63. The first-order valence-electron chi connectivity index (χ1n) is 8.02. The third kappa shape index (κ3) is 5.00. The van der Waals surface area contributed by atoms with E-state index in [1.54, 1.807) is 30.7 Å². The summed E-state index contributed by atoms with van der Waals surface area (Å²) < 4.78 is 5.64. The van der Waals surface area contributed by atoms with Gasteiger partial charge in [-0.1, -0.05) is 12.1 Å². The number of hydrogen-bond donors (Lipinski definition) is 2. The van der Waals surface area contributed by atoms with Crippen molar-refractivity contribution in [1.82, 2.24) is 15.0 Å². The molecular weight excluding hydrogens is 330 g/mol. The molecule has 2 N–H and O–H groups in total. The van der Waals surface area contributed by atoms with Crippen LogP contribution in [-0.4, -0.2) is 15.0 Å². The number of benzene rings is 1. The van der Waals surface area contributed by atoms with Crippen LogP contribution in [-0.2, 0) is 24.5 Å². The van der Waals surface area contributed by atoms with Gasteiger partial charge in [0.15, 0.2) is 0 Å². The summed E-state index contributed by atoms with van der Waals surface area (Å²) in [6.45, 7) is 1.26. The molecule has 7 nitrogen and oxygen atoms in total. The predicted molar refractivity (Wildman–Crippen MR) is 96.1 cm³/mol. The van der Waals surface area contributed by atoms with E-state index in [0.717, 1.165) is 16.7 Å². The van der Waals surface area contributed by atoms with Gasteiger partial charge in [-0.05, 0) is 29.3 Å². The Morgan fingerprint density at radius 3 is 2.65 bits per heavy atom. The summed E-state index contributed by atoms with van der Waals surface area (Å²) >= 11 is 0. The van der Waals surface area contributed by atoms with Crippen molar-refractivity contribution in [2.75, 3.05) is 5.32 Å². The Balaban J connectivity index is 1.48. The molecule has 3 aromatic rings. The van der Waals surface area contributed by atoms with Gasteiger partial charge in [-0.25, -0.2) is 9.97 Å². The fourth-order valence-corrected chi connectivity index (χ4v) is 2.32. The molecule has 0 atom stereocenters. The fourth-order valence-electron chi connectivity index (χ4n) is 2.32. The highest BCUT2D eigenvalue weighted by molar-refractivity contribution is 5.32. The largest absolute Gasteiger partial charge is 0.372 e. The van der Waals surface area contributed by atoms with Gasteiger partial charge < -0.3 is 15.0 Å². The zero-order chi connectivity index (χ0) is 18.2. The lowest BCUT2D eigenvalue weighted by atomic mass is 10.1. The third-order valence-corrected chi connectivity index (χ3v) is 3.59. The van der Waals surface area contributed by atoms with Crippen molar-refractivity contribution in [1.29, 1.82) is 5.26 Å². The Morgan fingerprint density at radius 1 is 1.08 bits per heavy atom. The number of nitrogens with one attached hydrogen (secondary N) is 2. The summed E-state index contributed by atoms with van der Waals surface area (Å²) in [4.78, 5) is 22.3. The summed E-state index contributed by atoms with van der Waals surface area (Å²) in [5.41, 5.74) is 3.12. The molecule has 26 heavy (non-hydrogen) atoms. The minimum Gasteiger partial charge on any atom is -0.372 e. The number of nitrogens with zero attached hydrogens (tertiary/aromatic N) is 3. The Morgan fingerprint density at radius 2 is 1.88 bits per heavy atom. The molecule has 130 valence electrons. The summed E-state index contributed by atoms with van der Waals surface area (Å²) in [7, 11) is 0. The van der Waals surface area contributed by atoms with Crippen LogP contribution in [0.15, 0.2) is 59.8 Å². The van der Waals surface area contributed by atoms with Crippen LogP contribution < -0.4 is 10.9 Å². The van der Waals surface area contributed by atoms with E-state index >= 15 is 0 Å². The molecule has 0 aliphatic heterocycles. The molecule has 0 saturated carbocycles. The van der Waals surface area contributed by atoms with Crippen molar-refractivity contribution in [3.8, 4) is 6.07 Å². The maximum Gasteiger partial charge on any atom is 0.248 e. The lowest BCUT2D eigenvalue weighted by Crippen LogP contribution is -2.09. The zero-order valence-electron chi connectivity index (χ0n) is 14.0. The number of aromatic nitrogens is 3. The summed E-state index contributed by atoms with van der Waals surface area (Å²) in [6, 6.07) is 12.8. The summed E-state index contributed by atoms with van der Waals surface area (Å²) in [5, 5.41) is 12.0. The first-order valence-corrected chi connectivity index (χ1v) is 8.02. The molecule has 0 unspecified atom stereocenters. The predicted octanol–water partition coefficient (Wildman–Crippen LogP) is 2.37. The van der Waals surface area contributed by atoms with Crippen LogP contribution in [0.5, 0.6) is 0 Å². The van der Waals surface area contributed by atoms with Gasteiger partial charge in [0.1, 0.15) is 0 Å². The molecule has 0 saturated heterocycles.